The summed E-state index contributed by atoms with van der Waals surface area (Å²) in [5, 5.41) is 19.4. The van der Waals surface area contributed by atoms with Gasteiger partial charge in [-0.05, 0) is 93.9 Å². The van der Waals surface area contributed by atoms with Crippen LogP contribution in [0.25, 0.3) is 11.0 Å². The number of piperidine rings is 2. The molecule has 0 bridgehead atoms. The van der Waals surface area contributed by atoms with Gasteiger partial charge < -0.3 is 34.6 Å². The van der Waals surface area contributed by atoms with Gasteiger partial charge in [-0.3, -0.25) is 34.6 Å². The highest BCUT2D eigenvalue weighted by molar-refractivity contribution is 7.71. The van der Waals surface area contributed by atoms with E-state index >= 15 is 0 Å². The highest BCUT2D eigenvalue weighted by Gasteiger charge is 2.40. The van der Waals surface area contributed by atoms with Gasteiger partial charge in [0.2, 0.25) is 17.8 Å². The van der Waals surface area contributed by atoms with Crippen molar-refractivity contribution in [1.82, 2.24) is 40.0 Å². The number of carbonyl (C=O) groups is 3. The van der Waals surface area contributed by atoms with Crippen molar-refractivity contribution in [2.75, 3.05) is 81.8 Å². The number of unbranched alkanes of at least 4 members (excludes halogenated alkanes) is 3. The van der Waals surface area contributed by atoms with E-state index in [0.717, 1.165) is 89.2 Å². The van der Waals surface area contributed by atoms with Crippen LogP contribution in [-0.2, 0) is 20.7 Å². The summed E-state index contributed by atoms with van der Waals surface area (Å²) in [5.74, 6) is 6.72. The fourth-order valence-corrected chi connectivity index (χ4v) is 11.5. The van der Waals surface area contributed by atoms with Crippen LogP contribution in [0.4, 0.5) is 28.8 Å². The maximum absolute atomic E-state index is 13.5. The number of nitrogens with one attached hydrogen (secondary N) is 3. The molecule has 9 rings (SSSR count). The largest absolute Gasteiger partial charge is 0.494 e. The number of aromatic nitrogens is 4. The van der Waals surface area contributed by atoms with Gasteiger partial charge in [0.1, 0.15) is 29.5 Å². The lowest BCUT2D eigenvalue weighted by atomic mass is 10.00. The van der Waals surface area contributed by atoms with Crippen molar-refractivity contribution in [3.8, 4) is 23.7 Å². The molecule has 3 fully saturated rings. The third kappa shape index (κ3) is 10.7. The predicted octanol–water partition coefficient (Wildman–Crippen LogP) is 6.65. The second-order valence-electron chi connectivity index (χ2n) is 18.5. The first-order chi connectivity index (χ1) is 33.9. The molecule has 0 saturated carbocycles. The Morgan fingerprint density at radius 3 is 2.46 bits per heavy atom. The minimum atomic E-state index is -2.80. The Kier molecular flexibility index (Phi) is 14.6. The van der Waals surface area contributed by atoms with E-state index in [4.69, 9.17) is 16.3 Å². The smallest absolute Gasteiger partial charge is 0.255 e. The number of amides is 3. The number of rotatable bonds is 14. The van der Waals surface area contributed by atoms with Crippen LogP contribution >= 0.6 is 18.7 Å². The summed E-state index contributed by atoms with van der Waals surface area (Å²) in [6.45, 7) is 10.9. The van der Waals surface area contributed by atoms with E-state index < -0.39 is 19.1 Å². The topological polar surface area (TPSA) is 202 Å². The van der Waals surface area contributed by atoms with E-state index in [1.54, 1.807) is 45.0 Å². The zero-order valence-electron chi connectivity index (χ0n) is 39.6. The minimum Gasteiger partial charge on any atom is -0.494 e. The Morgan fingerprint density at radius 1 is 0.914 bits per heavy atom. The van der Waals surface area contributed by atoms with Gasteiger partial charge in [0.15, 0.2) is 5.82 Å². The standard InChI is InChI=1S/C51H56ClN12O5P/c1-69-44-29-36(10-11-40(44)58-51-56-31-39(52)48(60-51)57-42-13-12-41-46(55-19-18-54-41)47(42)70(2,3)68)62-21-16-35(17-22-62)63-25-23-61(24-26-63)20-8-6-4-5-7-9-34-27-33(30-53)28-37-38(34)32-64(50(37)67)43-14-15-45(65)59-49(43)66/h10-13,18-19,27-29,31,35,43H,4-6,8,14-17,20-26,32H2,1-3H3,(H,59,65,66)(H2,56,57,58,60). The second-order valence-corrected chi connectivity index (χ2v) is 22.1. The van der Waals surface area contributed by atoms with Gasteiger partial charge in [-0.15, -0.1) is 0 Å². The van der Waals surface area contributed by atoms with Gasteiger partial charge in [0.05, 0.1) is 47.1 Å². The summed E-state index contributed by atoms with van der Waals surface area (Å²) in [4.78, 5) is 64.6. The number of hydrogen-bond donors (Lipinski definition) is 3. The monoisotopic (exact) mass is 982 g/mol. The van der Waals surface area contributed by atoms with E-state index in [1.807, 2.05) is 18.2 Å². The first kappa shape index (κ1) is 48.4. The molecule has 4 aliphatic heterocycles. The number of carbonyl (C=O) groups excluding carboxylic acids is 3. The molecule has 362 valence electrons. The summed E-state index contributed by atoms with van der Waals surface area (Å²) in [5.41, 5.74) is 5.76. The molecule has 3 N–H and O–H groups in total. The lowest BCUT2D eigenvalue weighted by molar-refractivity contribution is -0.136. The van der Waals surface area contributed by atoms with Crippen molar-refractivity contribution >= 4 is 81.6 Å². The average Bonchev–Trinajstić information content (AvgIpc) is 3.69. The molecule has 4 aliphatic rings. The van der Waals surface area contributed by atoms with Crippen LogP contribution in [0.1, 0.15) is 78.4 Å². The molecule has 6 heterocycles. The summed E-state index contributed by atoms with van der Waals surface area (Å²) < 4.78 is 19.3. The Hall–Kier alpha value is -6.62. The van der Waals surface area contributed by atoms with Crippen molar-refractivity contribution in [3.63, 3.8) is 0 Å². The van der Waals surface area contributed by atoms with Gasteiger partial charge in [0, 0.05) is 100.0 Å². The van der Waals surface area contributed by atoms with Gasteiger partial charge in [-0.2, -0.15) is 10.2 Å². The lowest BCUT2D eigenvalue weighted by Crippen LogP contribution is -2.53. The number of anilines is 5. The zero-order valence-corrected chi connectivity index (χ0v) is 41.3. The van der Waals surface area contributed by atoms with E-state index in [1.165, 1.54) is 11.1 Å². The summed E-state index contributed by atoms with van der Waals surface area (Å²) in [6.07, 6.45) is 11.2. The molecule has 0 spiro atoms. The van der Waals surface area contributed by atoms with Crippen LogP contribution in [0.15, 0.2) is 61.1 Å². The normalized spacial score (nSPS) is 18.0. The van der Waals surface area contributed by atoms with Crippen molar-refractivity contribution in [2.45, 2.75) is 70.0 Å². The van der Waals surface area contributed by atoms with E-state index in [9.17, 15) is 24.2 Å². The van der Waals surface area contributed by atoms with E-state index in [-0.39, 0.29) is 31.2 Å². The third-order valence-electron chi connectivity index (χ3n) is 13.6. The Morgan fingerprint density at radius 2 is 1.70 bits per heavy atom. The summed E-state index contributed by atoms with van der Waals surface area (Å²) in [7, 11) is -1.15. The Bertz CT molecular complexity index is 2990. The molecule has 3 aromatic carbocycles. The molecule has 2 aromatic heterocycles. The van der Waals surface area contributed by atoms with Crippen LogP contribution in [0.2, 0.25) is 5.02 Å². The summed E-state index contributed by atoms with van der Waals surface area (Å²) >= 11 is 6.58. The van der Waals surface area contributed by atoms with Crippen molar-refractivity contribution < 1.29 is 23.7 Å². The quantitative estimate of drug-likeness (QED) is 0.0462. The fraction of sp³-hybridized carbons (Fsp3) is 0.412. The number of benzene rings is 3. The maximum atomic E-state index is 13.5. The minimum absolute atomic E-state index is 0.185. The van der Waals surface area contributed by atoms with Crippen molar-refractivity contribution in [1.29, 1.82) is 5.26 Å². The van der Waals surface area contributed by atoms with Crippen LogP contribution in [0, 0.1) is 23.2 Å². The van der Waals surface area contributed by atoms with E-state index in [0.29, 0.717) is 79.4 Å². The predicted molar refractivity (Wildman–Crippen MR) is 271 cm³/mol. The number of imide groups is 1. The van der Waals surface area contributed by atoms with Gasteiger partial charge >= 0.3 is 0 Å². The molecule has 1 unspecified atom stereocenters. The molecule has 0 aliphatic carbocycles. The van der Waals surface area contributed by atoms with Crippen LogP contribution in [0.5, 0.6) is 5.75 Å². The maximum Gasteiger partial charge on any atom is 0.255 e. The molecule has 3 amide bonds. The van der Waals surface area contributed by atoms with Crippen LogP contribution in [0.3, 0.4) is 0 Å². The fourth-order valence-electron chi connectivity index (χ4n) is 9.97. The Labute approximate surface area is 412 Å². The van der Waals surface area contributed by atoms with Crippen LogP contribution < -0.4 is 30.9 Å². The number of hydrogen-bond acceptors (Lipinski definition) is 15. The number of nitriles is 1. The molecule has 0 radical (unpaired) electrons. The number of ether oxygens (including phenoxy) is 1. The SMILES string of the molecule is COc1cc(N2CCC(N3CCN(CCCCCC#Cc4cc(C#N)cc5c4CN(C4CCC(=O)NC4=O)C5=O)CC3)CC2)ccc1Nc1ncc(Cl)c(Nc2ccc3nccnc3c2P(C)(C)=O)n1. The number of halogens is 1. The average molecular weight is 984 g/mol. The van der Waals surface area contributed by atoms with Gasteiger partial charge in [0.25, 0.3) is 5.91 Å². The highest BCUT2D eigenvalue weighted by atomic mass is 35.5. The summed E-state index contributed by atoms with van der Waals surface area (Å²) in [6, 6.07) is 15.0. The second kappa shape index (κ2) is 21.2. The van der Waals surface area contributed by atoms with E-state index in [2.05, 4.69) is 80.6 Å². The molecular formula is C51H56ClN12O5P. The Balaban J connectivity index is 0.714. The van der Waals surface area contributed by atoms with Crippen LogP contribution in [-0.4, -0.2) is 131 Å². The number of nitrogens with zero attached hydrogens (tertiary/aromatic N) is 9. The molecule has 19 heteroatoms. The third-order valence-corrected chi connectivity index (χ3v) is 15.4. The van der Waals surface area contributed by atoms with Crippen molar-refractivity contribution in [2.24, 2.45) is 0 Å². The molecule has 3 saturated heterocycles. The molecule has 5 aromatic rings. The molecule has 17 nitrogen and oxygen atoms in total. The number of piperazine rings is 1. The number of fused-ring (bicyclic) bond motifs is 2. The molecular weight excluding hydrogens is 927 g/mol. The number of methoxy groups -OCH3 is 1. The first-order valence-corrected chi connectivity index (χ1v) is 26.8. The zero-order chi connectivity index (χ0) is 48.9. The molecule has 70 heavy (non-hydrogen) atoms. The van der Waals surface area contributed by atoms with Gasteiger partial charge in [-0.1, -0.05) is 29.9 Å². The first-order valence-electron chi connectivity index (χ1n) is 23.8. The van der Waals surface area contributed by atoms with Gasteiger partial charge in [-0.25, -0.2) is 4.98 Å². The lowest BCUT2D eigenvalue weighted by Gasteiger charge is -2.43. The highest BCUT2D eigenvalue weighted by Crippen LogP contribution is 2.42. The molecule has 1 atom stereocenters. The van der Waals surface area contributed by atoms with Crippen molar-refractivity contribution in [3.05, 3.63) is 88.3 Å².